The predicted molar refractivity (Wildman–Crippen MR) is 69.5 cm³/mol. The number of hydrogen-bond donors (Lipinski definition) is 1. The molecule has 0 aliphatic carbocycles. The van der Waals surface area contributed by atoms with Crippen LogP contribution in [0.3, 0.4) is 0 Å². The Hall–Kier alpha value is -1.79. The highest BCUT2D eigenvalue weighted by molar-refractivity contribution is 5.84. The van der Waals surface area contributed by atoms with Crippen LogP contribution >= 0.6 is 0 Å². The van der Waals surface area contributed by atoms with Crippen LogP contribution in [0.25, 0.3) is 10.9 Å². The molecule has 0 aliphatic rings. The standard InChI is InChI=1S/C14H17N3/c1-2-12(16)9-11-10-17(8-7-15)14-6-4-3-5-13(11)14/h3-6,10,12H,2,8-9,16H2,1H3. The summed E-state index contributed by atoms with van der Waals surface area (Å²) in [5.74, 6) is 0. The van der Waals surface area contributed by atoms with Gasteiger partial charge in [-0.05, 0) is 24.5 Å². The minimum Gasteiger partial charge on any atom is -0.333 e. The first-order chi connectivity index (χ1) is 8.26. The van der Waals surface area contributed by atoms with E-state index < -0.39 is 0 Å². The maximum atomic E-state index is 8.82. The van der Waals surface area contributed by atoms with Crippen LogP contribution in [0.5, 0.6) is 0 Å². The number of nitrogens with zero attached hydrogens (tertiary/aromatic N) is 2. The summed E-state index contributed by atoms with van der Waals surface area (Å²) >= 11 is 0. The lowest BCUT2D eigenvalue weighted by molar-refractivity contribution is 0.647. The molecule has 1 aromatic heterocycles. The van der Waals surface area contributed by atoms with Gasteiger partial charge in [-0.1, -0.05) is 25.1 Å². The monoisotopic (exact) mass is 227 g/mol. The summed E-state index contributed by atoms with van der Waals surface area (Å²) in [6, 6.07) is 10.6. The van der Waals surface area contributed by atoms with E-state index in [9.17, 15) is 0 Å². The highest BCUT2D eigenvalue weighted by Gasteiger charge is 2.10. The first kappa shape index (κ1) is 11.7. The highest BCUT2D eigenvalue weighted by Crippen LogP contribution is 2.22. The molecule has 3 nitrogen and oxygen atoms in total. The van der Waals surface area contributed by atoms with Gasteiger partial charge in [-0.3, -0.25) is 0 Å². The molecule has 88 valence electrons. The van der Waals surface area contributed by atoms with Crippen molar-refractivity contribution in [2.24, 2.45) is 5.73 Å². The second kappa shape index (κ2) is 5.03. The summed E-state index contributed by atoms with van der Waals surface area (Å²) in [5.41, 5.74) is 8.36. The number of benzene rings is 1. The van der Waals surface area contributed by atoms with Gasteiger partial charge in [0.05, 0.1) is 6.07 Å². The molecular formula is C14H17N3. The van der Waals surface area contributed by atoms with Gasteiger partial charge < -0.3 is 10.3 Å². The third kappa shape index (κ3) is 2.32. The zero-order valence-electron chi connectivity index (χ0n) is 10.1. The molecule has 2 aromatic rings. The average molecular weight is 227 g/mol. The first-order valence-electron chi connectivity index (χ1n) is 5.95. The zero-order chi connectivity index (χ0) is 12.3. The van der Waals surface area contributed by atoms with Gasteiger partial charge in [-0.25, -0.2) is 0 Å². The Balaban J connectivity index is 2.45. The Kier molecular flexibility index (Phi) is 3.46. The number of hydrogen-bond acceptors (Lipinski definition) is 2. The van der Waals surface area contributed by atoms with Crippen molar-refractivity contribution in [2.45, 2.75) is 32.4 Å². The van der Waals surface area contributed by atoms with Crippen LogP contribution in [0.4, 0.5) is 0 Å². The largest absolute Gasteiger partial charge is 0.333 e. The normalized spacial score (nSPS) is 12.5. The average Bonchev–Trinajstić information content (AvgIpc) is 2.69. The van der Waals surface area contributed by atoms with Crippen LogP contribution in [0.1, 0.15) is 18.9 Å². The quantitative estimate of drug-likeness (QED) is 0.872. The van der Waals surface area contributed by atoms with E-state index in [1.807, 2.05) is 22.8 Å². The van der Waals surface area contributed by atoms with Crippen LogP contribution in [-0.2, 0) is 13.0 Å². The van der Waals surface area contributed by atoms with Crippen molar-refractivity contribution < 1.29 is 0 Å². The highest BCUT2D eigenvalue weighted by atomic mass is 15.0. The lowest BCUT2D eigenvalue weighted by Crippen LogP contribution is -2.21. The first-order valence-corrected chi connectivity index (χ1v) is 5.95. The number of fused-ring (bicyclic) bond motifs is 1. The van der Waals surface area contributed by atoms with Crippen LogP contribution in [-0.4, -0.2) is 10.6 Å². The number of nitriles is 1. The van der Waals surface area contributed by atoms with Gasteiger partial charge in [0.2, 0.25) is 0 Å². The SMILES string of the molecule is CCC(N)Cc1cn(CC#N)c2ccccc12. The molecule has 1 aromatic carbocycles. The van der Waals surface area contributed by atoms with Crippen molar-refractivity contribution in [3.63, 3.8) is 0 Å². The van der Waals surface area contributed by atoms with E-state index >= 15 is 0 Å². The Morgan fingerprint density at radius 3 is 2.88 bits per heavy atom. The number of para-hydroxylation sites is 1. The van der Waals surface area contributed by atoms with Crippen LogP contribution < -0.4 is 5.73 Å². The van der Waals surface area contributed by atoms with E-state index in [0.29, 0.717) is 6.54 Å². The molecule has 0 aliphatic heterocycles. The van der Waals surface area contributed by atoms with Crippen LogP contribution in [0.15, 0.2) is 30.5 Å². The fourth-order valence-corrected chi connectivity index (χ4v) is 2.12. The van der Waals surface area contributed by atoms with E-state index in [4.69, 9.17) is 11.0 Å². The van der Waals surface area contributed by atoms with Crippen molar-refractivity contribution in [1.29, 1.82) is 5.26 Å². The second-order valence-electron chi connectivity index (χ2n) is 4.33. The minimum atomic E-state index is 0.191. The predicted octanol–water partition coefficient (Wildman–Crippen LogP) is 2.44. The van der Waals surface area contributed by atoms with Crippen molar-refractivity contribution in [3.8, 4) is 6.07 Å². The van der Waals surface area contributed by atoms with E-state index in [0.717, 1.165) is 18.4 Å². The molecule has 1 atom stereocenters. The summed E-state index contributed by atoms with van der Waals surface area (Å²) in [4.78, 5) is 0. The molecule has 2 N–H and O–H groups in total. The summed E-state index contributed by atoms with van der Waals surface area (Å²) in [5, 5.41) is 10.0. The molecule has 0 bridgehead atoms. The van der Waals surface area contributed by atoms with Crippen LogP contribution in [0, 0.1) is 11.3 Å². The molecule has 1 unspecified atom stereocenters. The Morgan fingerprint density at radius 2 is 2.18 bits per heavy atom. The molecule has 0 saturated carbocycles. The second-order valence-corrected chi connectivity index (χ2v) is 4.33. The van der Waals surface area contributed by atoms with E-state index in [1.54, 1.807) is 0 Å². The zero-order valence-corrected chi connectivity index (χ0v) is 10.1. The smallest absolute Gasteiger partial charge is 0.110 e. The summed E-state index contributed by atoms with van der Waals surface area (Å²) in [6.07, 6.45) is 3.90. The van der Waals surface area contributed by atoms with E-state index in [1.165, 1.54) is 10.9 Å². The molecule has 3 heteroatoms. The third-order valence-corrected chi connectivity index (χ3v) is 3.12. The van der Waals surface area contributed by atoms with Gasteiger partial charge in [-0.2, -0.15) is 5.26 Å². The van der Waals surface area contributed by atoms with Gasteiger partial charge >= 0.3 is 0 Å². The fraction of sp³-hybridized carbons (Fsp3) is 0.357. The van der Waals surface area contributed by atoms with Gasteiger partial charge in [-0.15, -0.1) is 0 Å². The maximum Gasteiger partial charge on any atom is 0.110 e. The lowest BCUT2D eigenvalue weighted by atomic mass is 10.0. The van der Waals surface area contributed by atoms with E-state index in [-0.39, 0.29) is 6.04 Å². The van der Waals surface area contributed by atoms with Gasteiger partial charge in [0.25, 0.3) is 0 Å². The summed E-state index contributed by atoms with van der Waals surface area (Å²) in [6.45, 7) is 2.49. The summed E-state index contributed by atoms with van der Waals surface area (Å²) < 4.78 is 1.99. The van der Waals surface area contributed by atoms with Crippen molar-refractivity contribution in [3.05, 3.63) is 36.0 Å². The van der Waals surface area contributed by atoms with Crippen molar-refractivity contribution in [2.75, 3.05) is 0 Å². The fourth-order valence-electron chi connectivity index (χ4n) is 2.12. The third-order valence-electron chi connectivity index (χ3n) is 3.12. The minimum absolute atomic E-state index is 0.191. The molecule has 0 fully saturated rings. The molecule has 0 saturated heterocycles. The van der Waals surface area contributed by atoms with Crippen molar-refractivity contribution >= 4 is 10.9 Å². The van der Waals surface area contributed by atoms with E-state index in [2.05, 4.69) is 25.3 Å². The van der Waals surface area contributed by atoms with Gasteiger partial charge in [0, 0.05) is 23.1 Å². The van der Waals surface area contributed by atoms with Crippen LogP contribution in [0.2, 0.25) is 0 Å². The molecular weight excluding hydrogens is 210 g/mol. The Bertz CT molecular complexity index is 548. The maximum absolute atomic E-state index is 8.82. The Labute approximate surface area is 101 Å². The molecule has 1 heterocycles. The lowest BCUT2D eigenvalue weighted by Gasteiger charge is -2.06. The van der Waals surface area contributed by atoms with Crippen molar-refractivity contribution in [1.82, 2.24) is 4.57 Å². The number of rotatable bonds is 4. The van der Waals surface area contributed by atoms with Gasteiger partial charge in [0.15, 0.2) is 0 Å². The molecule has 17 heavy (non-hydrogen) atoms. The molecule has 0 spiro atoms. The summed E-state index contributed by atoms with van der Waals surface area (Å²) in [7, 11) is 0. The molecule has 2 rings (SSSR count). The number of nitrogens with two attached hydrogens (primary N) is 1. The Morgan fingerprint density at radius 1 is 1.41 bits per heavy atom. The number of aromatic nitrogens is 1. The van der Waals surface area contributed by atoms with Gasteiger partial charge in [0.1, 0.15) is 6.54 Å². The topological polar surface area (TPSA) is 54.7 Å². The molecule has 0 radical (unpaired) electrons. The molecule has 0 amide bonds.